The zero-order valence-electron chi connectivity index (χ0n) is 9.40. The van der Waals surface area contributed by atoms with Crippen LogP contribution in [0.4, 0.5) is 0 Å². The summed E-state index contributed by atoms with van der Waals surface area (Å²) in [6.07, 6.45) is 0. The van der Waals surface area contributed by atoms with E-state index in [9.17, 15) is 0 Å². The predicted octanol–water partition coefficient (Wildman–Crippen LogP) is 2.94. The van der Waals surface area contributed by atoms with Crippen molar-refractivity contribution in [3.63, 3.8) is 0 Å². The maximum absolute atomic E-state index is 5.59. The first kappa shape index (κ1) is 12.1. The van der Waals surface area contributed by atoms with Gasteiger partial charge in [-0.05, 0) is 47.2 Å². The zero-order valence-corrected chi connectivity index (χ0v) is 11.6. The van der Waals surface area contributed by atoms with Gasteiger partial charge < -0.3 is 14.2 Å². The smallest absolute Gasteiger partial charge is 0.315 e. The lowest BCUT2D eigenvalue weighted by atomic mass is 10.2. The van der Waals surface area contributed by atoms with Gasteiger partial charge in [0, 0.05) is 9.49 Å². The van der Waals surface area contributed by atoms with Crippen LogP contribution in [0.3, 0.4) is 0 Å². The number of halogens is 1. The Morgan fingerprint density at radius 1 is 1.31 bits per heavy atom. The van der Waals surface area contributed by atoms with Gasteiger partial charge >= 0.3 is 6.48 Å². The molecule has 0 aliphatic carbocycles. The second-order valence-electron chi connectivity index (χ2n) is 4.09. The highest BCUT2D eigenvalue weighted by Gasteiger charge is 2.20. The Morgan fingerprint density at radius 2 is 2.00 bits per heavy atom. The molecule has 0 N–H and O–H groups in total. The average molecular weight is 334 g/mol. The fraction of sp³-hybridized carbons (Fsp3) is 0.500. The number of hydrogen-bond acceptors (Lipinski definition) is 3. The SMILES string of the molecule is Cc1ccc(OC2OCC(C)CO2)cc1I. The highest BCUT2D eigenvalue weighted by Crippen LogP contribution is 2.21. The summed E-state index contributed by atoms with van der Waals surface area (Å²) in [5.74, 6) is 1.23. The fourth-order valence-corrected chi connectivity index (χ4v) is 1.89. The summed E-state index contributed by atoms with van der Waals surface area (Å²) in [7, 11) is 0. The molecule has 3 nitrogen and oxygen atoms in total. The maximum Gasteiger partial charge on any atom is 0.315 e. The number of hydrogen-bond donors (Lipinski definition) is 0. The van der Waals surface area contributed by atoms with E-state index in [1.165, 1.54) is 9.13 Å². The summed E-state index contributed by atoms with van der Waals surface area (Å²) in [4.78, 5) is 0. The molecule has 16 heavy (non-hydrogen) atoms. The predicted molar refractivity (Wildman–Crippen MR) is 69.4 cm³/mol. The maximum atomic E-state index is 5.59. The first-order valence-electron chi connectivity index (χ1n) is 5.31. The molecule has 0 radical (unpaired) electrons. The summed E-state index contributed by atoms with van der Waals surface area (Å²) in [5.41, 5.74) is 1.24. The van der Waals surface area contributed by atoms with Crippen molar-refractivity contribution < 1.29 is 14.2 Å². The van der Waals surface area contributed by atoms with Crippen LogP contribution in [0.2, 0.25) is 0 Å². The molecule has 2 rings (SSSR count). The van der Waals surface area contributed by atoms with Crippen molar-refractivity contribution >= 4 is 22.6 Å². The molecular formula is C12H15IO3. The first-order valence-corrected chi connectivity index (χ1v) is 6.39. The van der Waals surface area contributed by atoms with Crippen LogP contribution in [0.15, 0.2) is 18.2 Å². The van der Waals surface area contributed by atoms with Crippen molar-refractivity contribution in [2.45, 2.75) is 20.3 Å². The van der Waals surface area contributed by atoms with Crippen LogP contribution in [0, 0.1) is 16.4 Å². The van der Waals surface area contributed by atoms with Crippen molar-refractivity contribution in [2.75, 3.05) is 13.2 Å². The molecule has 0 atom stereocenters. The van der Waals surface area contributed by atoms with Crippen molar-refractivity contribution in [1.82, 2.24) is 0 Å². The van der Waals surface area contributed by atoms with Crippen molar-refractivity contribution in [2.24, 2.45) is 5.92 Å². The van der Waals surface area contributed by atoms with Crippen LogP contribution in [0.25, 0.3) is 0 Å². The van der Waals surface area contributed by atoms with Crippen LogP contribution in [-0.4, -0.2) is 19.7 Å². The van der Waals surface area contributed by atoms with Crippen molar-refractivity contribution in [3.8, 4) is 5.75 Å². The monoisotopic (exact) mass is 334 g/mol. The lowest BCUT2D eigenvalue weighted by molar-refractivity contribution is -0.285. The molecule has 0 amide bonds. The average Bonchev–Trinajstić information content (AvgIpc) is 2.27. The van der Waals surface area contributed by atoms with Crippen molar-refractivity contribution in [1.29, 1.82) is 0 Å². The van der Waals surface area contributed by atoms with E-state index in [0.29, 0.717) is 19.1 Å². The highest BCUT2D eigenvalue weighted by molar-refractivity contribution is 14.1. The summed E-state index contributed by atoms with van der Waals surface area (Å²) >= 11 is 2.29. The topological polar surface area (TPSA) is 27.7 Å². The molecule has 0 unspecified atom stereocenters. The molecule has 1 saturated heterocycles. The molecule has 1 heterocycles. The molecule has 0 saturated carbocycles. The van der Waals surface area contributed by atoms with Crippen LogP contribution < -0.4 is 4.74 Å². The lowest BCUT2D eigenvalue weighted by Gasteiger charge is -2.27. The largest absolute Gasteiger partial charge is 0.441 e. The Bertz CT molecular complexity index is 359. The minimum Gasteiger partial charge on any atom is -0.441 e. The van der Waals surface area contributed by atoms with Crippen LogP contribution in [0.5, 0.6) is 5.75 Å². The molecular weight excluding hydrogens is 319 g/mol. The molecule has 1 fully saturated rings. The molecule has 1 aliphatic heterocycles. The van der Waals surface area contributed by atoms with Gasteiger partial charge in [-0.2, -0.15) is 0 Å². The molecule has 1 aromatic rings. The van der Waals surface area contributed by atoms with Gasteiger partial charge in [0.25, 0.3) is 0 Å². The van der Waals surface area contributed by atoms with Gasteiger partial charge in [0.1, 0.15) is 5.75 Å². The number of benzene rings is 1. The Labute approximate surface area is 109 Å². The molecule has 88 valence electrons. The van der Waals surface area contributed by atoms with Crippen LogP contribution >= 0.6 is 22.6 Å². The summed E-state index contributed by atoms with van der Waals surface area (Å²) in [5, 5.41) is 0. The summed E-state index contributed by atoms with van der Waals surface area (Å²) < 4.78 is 17.6. The number of rotatable bonds is 2. The normalized spacial score (nSPS) is 25.4. The van der Waals surface area contributed by atoms with Crippen LogP contribution in [0.1, 0.15) is 12.5 Å². The van der Waals surface area contributed by atoms with Crippen molar-refractivity contribution in [3.05, 3.63) is 27.3 Å². The number of ether oxygens (including phenoxy) is 3. The second kappa shape index (κ2) is 5.33. The van der Waals surface area contributed by atoms with Gasteiger partial charge in [-0.15, -0.1) is 0 Å². The van der Waals surface area contributed by atoms with Gasteiger partial charge in [-0.3, -0.25) is 0 Å². The lowest BCUT2D eigenvalue weighted by Crippen LogP contribution is -2.34. The molecule has 1 aliphatic rings. The molecule has 0 bridgehead atoms. The Morgan fingerprint density at radius 3 is 2.62 bits per heavy atom. The quantitative estimate of drug-likeness (QED) is 0.779. The fourth-order valence-electron chi connectivity index (χ4n) is 1.41. The molecule has 0 aromatic heterocycles. The van der Waals surface area contributed by atoms with E-state index >= 15 is 0 Å². The van der Waals surface area contributed by atoms with E-state index < -0.39 is 6.48 Å². The standard InChI is InChI=1S/C12H15IO3/c1-8-6-14-12(15-7-8)16-10-4-3-9(2)11(13)5-10/h3-5,8,12H,6-7H2,1-2H3. The summed E-state index contributed by atoms with van der Waals surface area (Å²) in [6.45, 7) is 4.97. The van der Waals surface area contributed by atoms with E-state index in [1.54, 1.807) is 0 Å². The van der Waals surface area contributed by atoms with E-state index in [2.05, 4.69) is 36.4 Å². The molecule has 4 heteroatoms. The number of aryl methyl sites for hydroxylation is 1. The van der Waals surface area contributed by atoms with Crippen LogP contribution in [-0.2, 0) is 9.47 Å². The Balaban J connectivity index is 1.96. The van der Waals surface area contributed by atoms with Gasteiger partial charge in [-0.25, -0.2) is 0 Å². The minimum absolute atomic E-state index is 0.443. The molecule has 1 aromatic carbocycles. The zero-order chi connectivity index (χ0) is 11.5. The highest BCUT2D eigenvalue weighted by atomic mass is 127. The Hall–Kier alpha value is -0.330. The van der Waals surface area contributed by atoms with E-state index in [1.807, 2.05) is 18.2 Å². The summed E-state index contributed by atoms with van der Waals surface area (Å²) in [6, 6.07) is 5.95. The van der Waals surface area contributed by atoms with Gasteiger partial charge in [0.2, 0.25) is 0 Å². The third kappa shape index (κ3) is 3.09. The second-order valence-corrected chi connectivity index (χ2v) is 5.25. The van der Waals surface area contributed by atoms with E-state index in [4.69, 9.17) is 14.2 Å². The third-order valence-corrected chi connectivity index (χ3v) is 3.57. The van der Waals surface area contributed by atoms with Gasteiger partial charge in [0.15, 0.2) is 0 Å². The van der Waals surface area contributed by atoms with E-state index in [0.717, 1.165) is 5.75 Å². The molecule has 0 spiro atoms. The van der Waals surface area contributed by atoms with Gasteiger partial charge in [-0.1, -0.05) is 13.0 Å². The minimum atomic E-state index is -0.560. The third-order valence-electron chi connectivity index (χ3n) is 2.41. The van der Waals surface area contributed by atoms with Gasteiger partial charge in [0.05, 0.1) is 13.2 Å². The van der Waals surface area contributed by atoms with E-state index in [-0.39, 0.29) is 0 Å². The Kier molecular flexibility index (Phi) is 4.05. The first-order chi connectivity index (χ1) is 7.65.